The van der Waals surface area contributed by atoms with E-state index in [1.54, 1.807) is 9.58 Å². The highest BCUT2D eigenvalue weighted by Gasteiger charge is 2.45. The van der Waals surface area contributed by atoms with E-state index in [4.69, 9.17) is 5.10 Å². The highest BCUT2D eigenvalue weighted by atomic mass is 19.4. The van der Waals surface area contributed by atoms with Gasteiger partial charge in [-0.1, -0.05) is 24.3 Å². The Bertz CT molecular complexity index is 1470. The summed E-state index contributed by atoms with van der Waals surface area (Å²) in [4.78, 5) is 43.8. The van der Waals surface area contributed by atoms with Crippen LogP contribution in [-0.4, -0.2) is 78.6 Å². The maximum Gasteiger partial charge on any atom is 0.416 e. The highest BCUT2D eigenvalue weighted by molar-refractivity contribution is 5.98. The highest BCUT2D eigenvalue weighted by Crippen LogP contribution is 2.48. The number of para-hydroxylation sites is 1. The number of nitrogens with zero attached hydrogens (tertiary/aromatic N) is 4. The standard InChI is InChI=1S/C31H35F3N6O3/c1-3-38(2)29-26(27(30(43)39-16-14-35-15-17-39)37-40(29)23-10-5-4-6-11-23)25(20-12-13-20)24(19-41)36-28(42)21-8-7-9-22(18-21)31(32,33)34/h4-11,18-20,24-25,35H,3,12-17H2,1-2H3,(H,36,42). The van der Waals surface area contributed by atoms with E-state index < -0.39 is 29.6 Å². The molecule has 1 aliphatic heterocycles. The first-order valence-corrected chi connectivity index (χ1v) is 14.5. The fourth-order valence-corrected chi connectivity index (χ4v) is 5.61. The molecule has 2 aromatic carbocycles. The van der Waals surface area contributed by atoms with Gasteiger partial charge < -0.3 is 25.2 Å². The van der Waals surface area contributed by atoms with Gasteiger partial charge in [-0.05, 0) is 56.0 Å². The second kappa shape index (κ2) is 12.6. The predicted molar refractivity (Wildman–Crippen MR) is 156 cm³/mol. The molecule has 12 heteroatoms. The fraction of sp³-hybridized carbons (Fsp3) is 0.419. The summed E-state index contributed by atoms with van der Waals surface area (Å²) in [6, 6.07) is 12.4. The zero-order valence-corrected chi connectivity index (χ0v) is 24.1. The molecule has 2 fully saturated rings. The van der Waals surface area contributed by atoms with Crippen LogP contribution in [0.15, 0.2) is 54.6 Å². The topological polar surface area (TPSA) is 99.6 Å². The van der Waals surface area contributed by atoms with Gasteiger partial charge in [0, 0.05) is 56.8 Å². The Morgan fingerprint density at radius 1 is 1.12 bits per heavy atom. The molecule has 9 nitrogen and oxygen atoms in total. The lowest BCUT2D eigenvalue weighted by Gasteiger charge is -2.30. The van der Waals surface area contributed by atoms with E-state index in [1.807, 2.05) is 49.2 Å². The van der Waals surface area contributed by atoms with Crippen LogP contribution >= 0.6 is 0 Å². The van der Waals surface area contributed by atoms with Crippen LogP contribution in [0, 0.1) is 5.92 Å². The molecule has 5 rings (SSSR count). The van der Waals surface area contributed by atoms with Crippen LogP contribution in [0.5, 0.6) is 0 Å². The maximum absolute atomic E-state index is 14.1. The van der Waals surface area contributed by atoms with Gasteiger partial charge in [0.1, 0.15) is 12.1 Å². The molecule has 2 aliphatic rings. The summed E-state index contributed by atoms with van der Waals surface area (Å²) in [7, 11) is 1.88. The van der Waals surface area contributed by atoms with Gasteiger partial charge in [-0.15, -0.1) is 0 Å². The van der Waals surface area contributed by atoms with Crippen LogP contribution in [0.2, 0.25) is 0 Å². The number of rotatable bonds is 10. The number of benzene rings is 2. The number of piperazine rings is 1. The number of aldehydes is 1. The summed E-state index contributed by atoms with van der Waals surface area (Å²) in [6.07, 6.45) is -2.48. The smallest absolute Gasteiger partial charge is 0.360 e. The first kappa shape index (κ1) is 30.3. The Hall–Kier alpha value is -4.19. The molecule has 43 heavy (non-hydrogen) atoms. The molecule has 1 saturated heterocycles. The molecule has 1 aliphatic carbocycles. The molecular weight excluding hydrogens is 561 g/mol. The van der Waals surface area contributed by atoms with Crippen molar-refractivity contribution in [2.24, 2.45) is 5.92 Å². The average Bonchev–Trinajstić information content (AvgIpc) is 3.79. The molecule has 2 heterocycles. The number of halogens is 3. The summed E-state index contributed by atoms with van der Waals surface area (Å²) < 4.78 is 41.8. The second-order valence-electron chi connectivity index (χ2n) is 11.0. The molecular formula is C31H35F3N6O3. The summed E-state index contributed by atoms with van der Waals surface area (Å²) in [6.45, 7) is 4.78. The molecule has 0 bridgehead atoms. The first-order valence-electron chi connectivity index (χ1n) is 14.5. The number of aromatic nitrogens is 2. The summed E-state index contributed by atoms with van der Waals surface area (Å²) >= 11 is 0. The lowest BCUT2D eigenvalue weighted by molar-refractivity contribution is -0.137. The Labute approximate surface area is 248 Å². The number of alkyl halides is 3. The van der Waals surface area contributed by atoms with Gasteiger partial charge in [0.15, 0.2) is 5.69 Å². The van der Waals surface area contributed by atoms with Crippen molar-refractivity contribution in [3.63, 3.8) is 0 Å². The number of nitrogens with one attached hydrogen (secondary N) is 2. The van der Waals surface area contributed by atoms with E-state index >= 15 is 0 Å². The number of amides is 2. The van der Waals surface area contributed by atoms with Crippen molar-refractivity contribution in [2.45, 2.75) is 37.9 Å². The van der Waals surface area contributed by atoms with E-state index in [0.717, 1.165) is 36.7 Å². The van der Waals surface area contributed by atoms with Crippen LogP contribution in [-0.2, 0) is 11.0 Å². The van der Waals surface area contributed by atoms with Crippen molar-refractivity contribution < 1.29 is 27.6 Å². The molecule has 2 unspecified atom stereocenters. The van der Waals surface area contributed by atoms with Crippen LogP contribution < -0.4 is 15.5 Å². The average molecular weight is 597 g/mol. The molecule has 3 aromatic rings. The third kappa shape index (κ3) is 6.43. The van der Waals surface area contributed by atoms with Gasteiger partial charge in [0.05, 0.1) is 17.3 Å². The Kier molecular flexibility index (Phi) is 8.86. The van der Waals surface area contributed by atoms with Gasteiger partial charge in [-0.25, -0.2) is 4.68 Å². The summed E-state index contributed by atoms with van der Waals surface area (Å²) in [5.41, 5.74) is 0.322. The SMILES string of the molecule is CCN(C)c1c(C(C2CC2)C(C=O)NC(=O)c2cccc(C(F)(F)F)c2)c(C(=O)N2CCNCC2)nn1-c1ccccc1. The maximum atomic E-state index is 14.1. The second-order valence-corrected chi connectivity index (χ2v) is 11.0. The van der Waals surface area contributed by atoms with Crippen molar-refractivity contribution in [3.05, 3.63) is 77.0 Å². The summed E-state index contributed by atoms with van der Waals surface area (Å²) in [5.74, 6) is -1.11. The summed E-state index contributed by atoms with van der Waals surface area (Å²) in [5, 5.41) is 10.8. The predicted octanol–water partition coefficient (Wildman–Crippen LogP) is 3.88. The molecule has 2 N–H and O–H groups in total. The largest absolute Gasteiger partial charge is 0.416 e. The van der Waals surface area contributed by atoms with Gasteiger partial charge in [0.25, 0.3) is 11.8 Å². The Morgan fingerprint density at radius 2 is 1.81 bits per heavy atom. The third-order valence-electron chi connectivity index (χ3n) is 8.09. The van der Waals surface area contributed by atoms with E-state index in [-0.39, 0.29) is 23.1 Å². The van der Waals surface area contributed by atoms with Gasteiger partial charge in [-0.3, -0.25) is 9.59 Å². The number of hydrogen-bond donors (Lipinski definition) is 2. The zero-order valence-electron chi connectivity index (χ0n) is 24.1. The minimum absolute atomic E-state index is 0.0380. The normalized spacial score (nSPS) is 16.8. The molecule has 228 valence electrons. The van der Waals surface area contributed by atoms with E-state index in [9.17, 15) is 27.6 Å². The first-order chi connectivity index (χ1) is 20.6. The monoisotopic (exact) mass is 596 g/mol. The van der Waals surface area contributed by atoms with Gasteiger partial charge in [0.2, 0.25) is 0 Å². The van der Waals surface area contributed by atoms with Gasteiger partial charge in [-0.2, -0.15) is 18.3 Å². The lowest BCUT2D eigenvalue weighted by atomic mass is 9.86. The number of carbonyl (C=O) groups is 3. The molecule has 0 spiro atoms. The molecule has 0 radical (unpaired) electrons. The van der Waals surface area contributed by atoms with E-state index in [1.165, 1.54) is 6.07 Å². The van der Waals surface area contributed by atoms with Crippen molar-refractivity contribution in [3.8, 4) is 5.69 Å². The molecule has 2 amide bonds. The number of hydrogen-bond acceptors (Lipinski definition) is 6. The van der Waals surface area contributed by atoms with Crippen molar-refractivity contribution in [2.75, 3.05) is 44.7 Å². The number of carbonyl (C=O) groups excluding carboxylic acids is 3. The lowest BCUT2D eigenvalue weighted by Crippen LogP contribution is -2.47. The van der Waals surface area contributed by atoms with E-state index in [0.29, 0.717) is 50.4 Å². The van der Waals surface area contributed by atoms with Crippen molar-refractivity contribution >= 4 is 23.9 Å². The molecule has 1 saturated carbocycles. The minimum Gasteiger partial charge on any atom is -0.360 e. The van der Waals surface area contributed by atoms with Crippen LogP contribution in [0.25, 0.3) is 5.69 Å². The quantitative estimate of drug-likeness (QED) is 0.345. The molecule has 1 aromatic heterocycles. The van der Waals surface area contributed by atoms with Gasteiger partial charge >= 0.3 is 6.18 Å². The van der Waals surface area contributed by atoms with E-state index in [2.05, 4.69) is 10.6 Å². The van der Waals surface area contributed by atoms with Crippen LogP contribution in [0.1, 0.15) is 57.7 Å². The fourth-order valence-electron chi connectivity index (χ4n) is 5.61. The zero-order chi connectivity index (χ0) is 30.7. The Morgan fingerprint density at radius 3 is 2.42 bits per heavy atom. The molecule has 2 atom stereocenters. The van der Waals surface area contributed by atoms with Crippen molar-refractivity contribution in [1.29, 1.82) is 0 Å². The third-order valence-corrected chi connectivity index (χ3v) is 8.09. The minimum atomic E-state index is -4.62. The van der Waals surface area contributed by atoms with Crippen LogP contribution in [0.3, 0.4) is 0 Å². The number of anilines is 1. The van der Waals surface area contributed by atoms with Crippen molar-refractivity contribution in [1.82, 2.24) is 25.3 Å². The van der Waals surface area contributed by atoms with Crippen LogP contribution in [0.4, 0.5) is 19.0 Å². The Balaban J connectivity index is 1.62.